The van der Waals surface area contributed by atoms with Gasteiger partial charge in [0, 0.05) is 10.0 Å². The highest BCUT2D eigenvalue weighted by atomic mass is 79.9. The lowest BCUT2D eigenvalue weighted by Gasteiger charge is -2.13. The first-order valence-electron chi connectivity index (χ1n) is 6.43. The topological polar surface area (TPSA) is 32.3 Å². The molecule has 3 rings (SSSR count). The zero-order valence-electron chi connectivity index (χ0n) is 11.2. The second-order valence-electron chi connectivity index (χ2n) is 4.63. The Morgan fingerprint density at radius 3 is 2.64 bits per heavy atom. The number of thiocarbonyl (C=S) groups is 1. The summed E-state index contributed by atoms with van der Waals surface area (Å²) in [7, 11) is 0. The quantitative estimate of drug-likeness (QED) is 0.638. The molecule has 1 saturated heterocycles. The van der Waals surface area contributed by atoms with E-state index in [0.717, 1.165) is 4.47 Å². The molecule has 1 N–H and O–H groups in total. The van der Waals surface area contributed by atoms with Gasteiger partial charge in [-0.25, -0.2) is 4.39 Å². The van der Waals surface area contributed by atoms with E-state index in [4.69, 9.17) is 12.2 Å². The molecule has 0 saturated carbocycles. The molecule has 3 nitrogen and oxygen atoms in total. The van der Waals surface area contributed by atoms with E-state index in [0.29, 0.717) is 11.3 Å². The Balaban J connectivity index is 1.97. The molecule has 0 radical (unpaired) electrons. The smallest absolute Gasteiger partial charge is 0.281 e. The first kappa shape index (κ1) is 14.9. The summed E-state index contributed by atoms with van der Waals surface area (Å²) in [5, 5.41) is 3.11. The lowest BCUT2D eigenvalue weighted by molar-refractivity contribution is -0.113. The largest absolute Gasteiger partial charge is 0.327 e. The van der Waals surface area contributed by atoms with Crippen LogP contribution in [-0.4, -0.2) is 11.0 Å². The van der Waals surface area contributed by atoms with E-state index in [2.05, 4.69) is 21.2 Å². The summed E-state index contributed by atoms with van der Waals surface area (Å²) >= 11 is 8.49. The van der Waals surface area contributed by atoms with Gasteiger partial charge in [-0.05, 0) is 48.6 Å². The molecule has 6 heteroatoms. The fourth-order valence-electron chi connectivity index (χ4n) is 2.13. The summed E-state index contributed by atoms with van der Waals surface area (Å²) in [4.78, 5) is 13.9. The number of anilines is 1. The Labute approximate surface area is 140 Å². The molecule has 22 heavy (non-hydrogen) atoms. The third kappa shape index (κ3) is 2.80. The number of rotatable bonds is 2. The highest BCUT2D eigenvalue weighted by molar-refractivity contribution is 9.10. The number of nitrogens with one attached hydrogen (secondary N) is 1. The average molecular weight is 377 g/mol. The standard InChI is InChI=1S/C16H10BrFN2OS/c17-11-6-7-13(18)10(8-11)9-14-15(21)20(16(22)19-14)12-4-2-1-3-5-12/h1-9H,(H,19,22)/b14-9+. The number of carbonyl (C=O) groups is 1. The number of nitrogens with zero attached hydrogens (tertiary/aromatic N) is 1. The molecule has 1 aliphatic heterocycles. The second-order valence-corrected chi connectivity index (χ2v) is 5.93. The van der Waals surface area contributed by atoms with Gasteiger partial charge in [-0.1, -0.05) is 34.1 Å². The second kappa shape index (κ2) is 5.98. The van der Waals surface area contributed by atoms with Crippen molar-refractivity contribution >= 4 is 50.9 Å². The van der Waals surface area contributed by atoms with E-state index < -0.39 is 5.82 Å². The lowest BCUT2D eigenvalue weighted by Crippen LogP contribution is -2.30. The van der Waals surface area contributed by atoms with Gasteiger partial charge in [0.1, 0.15) is 11.5 Å². The summed E-state index contributed by atoms with van der Waals surface area (Å²) in [6, 6.07) is 13.6. The molecule has 1 aliphatic rings. The highest BCUT2D eigenvalue weighted by Crippen LogP contribution is 2.23. The molecule has 2 aromatic rings. The minimum absolute atomic E-state index is 0.242. The van der Waals surface area contributed by atoms with Crippen LogP contribution < -0.4 is 10.2 Å². The molecule has 1 amide bonds. The number of halogens is 2. The van der Waals surface area contributed by atoms with Gasteiger partial charge in [0.15, 0.2) is 5.11 Å². The molecule has 1 fully saturated rings. The molecular weight excluding hydrogens is 367 g/mol. The van der Waals surface area contributed by atoms with E-state index in [1.54, 1.807) is 24.3 Å². The van der Waals surface area contributed by atoms with Gasteiger partial charge in [0.2, 0.25) is 0 Å². The monoisotopic (exact) mass is 376 g/mol. The lowest BCUT2D eigenvalue weighted by atomic mass is 10.1. The number of carbonyl (C=O) groups excluding carboxylic acids is 1. The van der Waals surface area contributed by atoms with Crippen LogP contribution in [0.3, 0.4) is 0 Å². The maximum atomic E-state index is 13.8. The van der Waals surface area contributed by atoms with E-state index >= 15 is 0 Å². The Bertz CT molecular complexity index is 792. The molecule has 1 heterocycles. The molecule has 0 atom stereocenters. The normalized spacial score (nSPS) is 16.3. The predicted octanol–water partition coefficient (Wildman–Crippen LogP) is 3.85. The maximum absolute atomic E-state index is 13.8. The van der Waals surface area contributed by atoms with Crippen molar-refractivity contribution in [2.24, 2.45) is 0 Å². The number of benzene rings is 2. The van der Waals surface area contributed by atoms with Gasteiger partial charge in [0.05, 0.1) is 5.69 Å². The number of amides is 1. The Morgan fingerprint density at radius 1 is 1.18 bits per heavy atom. The molecule has 2 aromatic carbocycles. The van der Waals surface area contributed by atoms with Crippen LogP contribution in [-0.2, 0) is 4.79 Å². The number of hydrogen-bond donors (Lipinski definition) is 1. The summed E-state index contributed by atoms with van der Waals surface area (Å²) in [6.45, 7) is 0. The van der Waals surface area contributed by atoms with E-state index in [1.807, 2.05) is 18.2 Å². The Hall–Kier alpha value is -2.05. The van der Waals surface area contributed by atoms with Crippen LogP contribution in [0.15, 0.2) is 58.7 Å². The Morgan fingerprint density at radius 2 is 1.91 bits per heavy atom. The van der Waals surface area contributed by atoms with Crippen molar-refractivity contribution in [3.8, 4) is 0 Å². The number of para-hydroxylation sites is 1. The molecule has 0 spiro atoms. The highest BCUT2D eigenvalue weighted by Gasteiger charge is 2.31. The molecule has 0 aromatic heterocycles. The molecule has 0 aliphatic carbocycles. The van der Waals surface area contributed by atoms with E-state index in [9.17, 15) is 9.18 Å². The van der Waals surface area contributed by atoms with Crippen LogP contribution in [0.1, 0.15) is 5.56 Å². The van der Waals surface area contributed by atoms with Crippen molar-refractivity contribution in [1.82, 2.24) is 5.32 Å². The summed E-state index contributed by atoms with van der Waals surface area (Å²) in [6.07, 6.45) is 1.46. The fourth-order valence-corrected chi connectivity index (χ4v) is 2.80. The predicted molar refractivity (Wildman–Crippen MR) is 91.7 cm³/mol. The van der Waals surface area contributed by atoms with Gasteiger partial charge in [-0.15, -0.1) is 0 Å². The van der Waals surface area contributed by atoms with Crippen molar-refractivity contribution in [1.29, 1.82) is 0 Å². The third-order valence-corrected chi connectivity index (χ3v) is 3.93. The van der Waals surface area contributed by atoms with Gasteiger partial charge in [-0.2, -0.15) is 0 Å². The van der Waals surface area contributed by atoms with Gasteiger partial charge in [-0.3, -0.25) is 9.69 Å². The average Bonchev–Trinajstić information content (AvgIpc) is 2.78. The van der Waals surface area contributed by atoms with E-state index in [-0.39, 0.29) is 16.7 Å². The van der Waals surface area contributed by atoms with Crippen LogP contribution >= 0.6 is 28.1 Å². The maximum Gasteiger partial charge on any atom is 0.281 e. The SMILES string of the molecule is O=C1/C(=C\c2cc(Br)ccc2F)NC(=S)N1c1ccccc1. The molecule has 0 unspecified atom stereocenters. The minimum atomic E-state index is -0.408. The first-order valence-corrected chi connectivity index (χ1v) is 7.63. The molecular formula is C16H10BrFN2OS. The minimum Gasteiger partial charge on any atom is -0.327 e. The zero-order chi connectivity index (χ0) is 15.7. The summed E-state index contributed by atoms with van der Waals surface area (Å²) in [5.41, 5.74) is 1.22. The van der Waals surface area contributed by atoms with Crippen molar-refractivity contribution in [3.63, 3.8) is 0 Å². The van der Waals surface area contributed by atoms with Crippen LogP contribution in [0, 0.1) is 5.82 Å². The summed E-state index contributed by atoms with van der Waals surface area (Å²) in [5.74, 6) is -0.718. The van der Waals surface area contributed by atoms with Gasteiger partial charge < -0.3 is 5.32 Å². The number of hydrogen-bond acceptors (Lipinski definition) is 2. The Kier molecular flexibility index (Phi) is 4.04. The molecule has 0 bridgehead atoms. The van der Waals surface area contributed by atoms with Crippen LogP contribution in [0.25, 0.3) is 6.08 Å². The first-order chi connectivity index (χ1) is 10.6. The van der Waals surface area contributed by atoms with Gasteiger partial charge >= 0.3 is 0 Å². The molecule has 110 valence electrons. The van der Waals surface area contributed by atoms with Crippen LogP contribution in [0.2, 0.25) is 0 Å². The van der Waals surface area contributed by atoms with Crippen molar-refractivity contribution < 1.29 is 9.18 Å². The van der Waals surface area contributed by atoms with Crippen molar-refractivity contribution in [2.45, 2.75) is 0 Å². The summed E-state index contributed by atoms with van der Waals surface area (Å²) < 4.78 is 14.5. The van der Waals surface area contributed by atoms with Crippen molar-refractivity contribution in [2.75, 3.05) is 4.90 Å². The van der Waals surface area contributed by atoms with E-state index in [1.165, 1.54) is 17.0 Å². The zero-order valence-corrected chi connectivity index (χ0v) is 13.6. The van der Waals surface area contributed by atoms with Crippen molar-refractivity contribution in [3.05, 3.63) is 70.1 Å². The third-order valence-electron chi connectivity index (χ3n) is 3.15. The van der Waals surface area contributed by atoms with Crippen LogP contribution in [0.5, 0.6) is 0 Å². The van der Waals surface area contributed by atoms with Gasteiger partial charge in [0.25, 0.3) is 5.91 Å². The fraction of sp³-hybridized carbons (Fsp3) is 0. The van der Waals surface area contributed by atoms with Crippen LogP contribution in [0.4, 0.5) is 10.1 Å².